The predicted octanol–water partition coefficient (Wildman–Crippen LogP) is 2.99. The van der Waals surface area contributed by atoms with Gasteiger partial charge in [-0.05, 0) is 30.3 Å². The van der Waals surface area contributed by atoms with Crippen LogP contribution in [0.3, 0.4) is 0 Å². The van der Waals surface area contributed by atoms with E-state index in [2.05, 4.69) is 24.9 Å². The number of piperazine rings is 1. The maximum Gasteiger partial charge on any atom is 0.225 e. The van der Waals surface area contributed by atoms with Gasteiger partial charge in [0.25, 0.3) is 0 Å². The summed E-state index contributed by atoms with van der Waals surface area (Å²) >= 11 is 0. The van der Waals surface area contributed by atoms with Crippen molar-refractivity contribution < 1.29 is 18.8 Å². The van der Waals surface area contributed by atoms with E-state index in [-0.39, 0.29) is 12.4 Å². The molecule has 1 N–H and O–H groups in total. The van der Waals surface area contributed by atoms with Crippen molar-refractivity contribution in [3.05, 3.63) is 66.7 Å². The number of aromatic nitrogens is 3. The molecule has 3 heterocycles. The average Bonchev–Trinajstić information content (AvgIpc) is 3.27. The molecule has 2 aromatic heterocycles. The molecule has 0 amide bonds. The minimum atomic E-state index is -0.621. The van der Waals surface area contributed by atoms with E-state index in [4.69, 9.17) is 9.26 Å². The van der Waals surface area contributed by atoms with E-state index in [0.29, 0.717) is 23.6 Å². The quantitative estimate of drug-likeness (QED) is 0.461. The first-order valence-electron chi connectivity index (χ1n) is 10.9. The molecule has 4 aromatic rings. The first kappa shape index (κ1) is 21.3. The molecule has 1 fully saturated rings. The molecule has 5 rings (SSSR count). The molecule has 0 bridgehead atoms. The summed E-state index contributed by atoms with van der Waals surface area (Å²) in [5, 5.41) is 15.3. The fraction of sp³-hybridized carbons (Fsp3) is 0.292. The van der Waals surface area contributed by atoms with Gasteiger partial charge in [-0.15, -0.1) is 0 Å². The lowest BCUT2D eigenvalue weighted by Crippen LogP contribution is -2.49. The molecule has 1 atom stereocenters. The van der Waals surface area contributed by atoms with Gasteiger partial charge in [-0.2, -0.15) is 0 Å². The fourth-order valence-corrected chi connectivity index (χ4v) is 3.98. The van der Waals surface area contributed by atoms with Crippen molar-refractivity contribution >= 4 is 16.9 Å². The summed E-state index contributed by atoms with van der Waals surface area (Å²) in [6.45, 7) is 3.98. The lowest BCUT2D eigenvalue weighted by molar-refractivity contribution is 0.0662. The third kappa shape index (κ3) is 4.94. The second-order valence-corrected chi connectivity index (χ2v) is 8.00. The van der Waals surface area contributed by atoms with Crippen molar-refractivity contribution in [1.82, 2.24) is 20.0 Å². The topological polar surface area (TPSA) is 87.8 Å². The monoisotopic (exact) mass is 449 g/mol. The molecule has 0 aliphatic carbocycles. The molecule has 2 aromatic carbocycles. The fourth-order valence-electron chi connectivity index (χ4n) is 3.98. The number of hydrogen-bond acceptors (Lipinski definition) is 8. The van der Waals surface area contributed by atoms with Crippen molar-refractivity contribution in [1.29, 1.82) is 0 Å². The van der Waals surface area contributed by atoms with E-state index >= 15 is 0 Å². The Morgan fingerprint density at radius 3 is 2.67 bits per heavy atom. The number of benzene rings is 2. The summed E-state index contributed by atoms with van der Waals surface area (Å²) in [6, 6.07) is 13.6. The third-order valence-corrected chi connectivity index (χ3v) is 5.66. The van der Waals surface area contributed by atoms with Gasteiger partial charge in [-0.1, -0.05) is 17.3 Å². The molecule has 0 spiro atoms. The molecular weight excluding hydrogens is 425 g/mol. The first-order chi connectivity index (χ1) is 16.2. The summed E-state index contributed by atoms with van der Waals surface area (Å²) in [5.74, 6) is 0.993. The van der Waals surface area contributed by atoms with Crippen LogP contribution in [0.15, 0.2) is 65.4 Å². The number of rotatable bonds is 7. The second kappa shape index (κ2) is 9.51. The molecule has 170 valence electrons. The minimum absolute atomic E-state index is 0.177. The Balaban J connectivity index is 1.15. The summed E-state index contributed by atoms with van der Waals surface area (Å²) in [7, 11) is 0. The van der Waals surface area contributed by atoms with E-state index in [1.54, 1.807) is 24.5 Å². The largest absolute Gasteiger partial charge is 0.491 e. The highest BCUT2D eigenvalue weighted by molar-refractivity contribution is 5.91. The summed E-state index contributed by atoms with van der Waals surface area (Å²) in [6.07, 6.45) is 2.87. The normalized spacial score (nSPS) is 15.6. The summed E-state index contributed by atoms with van der Waals surface area (Å²) < 4.78 is 24.5. The van der Waals surface area contributed by atoms with E-state index < -0.39 is 6.10 Å². The van der Waals surface area contributed by atoms with E-state index in [1.807, 2.05) is 24.3 Å². The van der Waals surface area contributed by atoms with Crippen LogP contribution in [-0.2, 0) is 0 Å². The van der Waals surface area contributed by atoms with Gasteiger partial charge in [-0.25, -0.2) is 14.4 Å². The van der Waals surface area contributed by atoms with Gasteiger partial charge in [0.15, 0.2) is 5.58 Å². The molecule has 0 unspecified atom stereocenters. The summed E-state index contributed by atoms with van der Waals surface area (Å²) in [4.78, 5) is 13.0. The predicted molar refractivity (Wildman–Crippen MR) is 122 cm³/mol. The number of hydrogen-bond donors (Lipinski definition) is 1. The van der Waals surface area contributed by atoms with E-state index in [9.17, 15) is 9.50 Å². The van der Waals surface area contributed by atoms with E-state index in [1.165, 1.54) is 12.1 Å². The zero-order chi connectivity index (χ0) is 22.6. The number of aliphatic hydroxyl groups excluding tert-OH is 1. The van der Waals surface area contributed by atoms with Crippen LogP contribution >= 0.6 is 0 Å². The van der Waals surface area contributed by atoms with Crippen molar-refractivity contribution in [2.24, 2.45) is 0 Å². The minimum Gasteiger partial charge on any atom is -0.491 e. The van der Waals surface area contributed by atoms with Crippen LogP contribution in [0.25, 0.3) is 22.2 Å². The second-order valence-electron chi connectivity index (χ2n) is 8.00. The molecule has 0 saturated carbocycles. The number of ether oxygens (including phenoxy) is 1. The highest BCUT2D eigenvalue weighted by Gasteiger charge is 2.21. The molecule has 33 heavy (non-hydrogen) atoms. The third-order valence-electron chi connectivity index (χ3n) is 5.66. The van der Waals surface area contributed by atoms with Gasteiger partial charge in [0.2, 0.25) is 5.95 Å². The Morgan fingerprint density at radius 2 is 1.85 bits per heavy atom. The molecule has 9 heteroatoms. The van der Waals surface area contributed by atoms with Gasteiger partial charge >= 0.3 is 0 Å². The smallest absolute Gasteiger partial charge is 0.225 e. The van der Waals surface area contributed by atoms with Crippen LogP contribution in [0.2, 0.25) is 0 Å². The standard InChI is InChI=1S/C24H24FN5O3/c25-18-5-6-21-22(14-18)33-28-23(21)17-3-1-4-20(13-17)32-16-19(31)15-29-9-11-30(12-10-29)24-26-7-2-8-27-24/h1-8,13-14,19,31H,9-12,15-16H2/t19-/m1/s1. The highest BCUT2D eigenvalue weighted by atomic mass is 19.1. The zero-order valence-electron chi connectivity index (χ0n) is 18.0. The molecular formula is C24H24FN5O3. The first-order valence-corrected chi connectivity index (χ1v) is 10.9. The van der Waals surface area contributed by atoms with Crippen LogP contribution in [0.1, 0.15) is 0 Å². The number of fused-ring (bicyclic) bond motifs is 1. The maximum absolute atomic E-state index is 13.4. The van der Waals surface area contributed by atoms with E-state index in [0.717, 1.165) is 43.1 Å². The SMILES string of the molecule is O[C@@H](COc1cccc(-c2noc3cc(F)ccc23)c1)CN1CCN(c2ncccn2)CC1. The molecule has 0 radical (unpaired) electrons. The van der Waals surface area contributed by atoms with Crippen molar-refractivity contribution in [2.45, 2.75) is 6.10 Å². The van der Waals surface area contributed by atoms with Crippen LogP contribution in [0, 0.1) is 5.82 Å². The van der Waals surface area contributed by atoms with Crippen LogP contribution in [-0.4, -0.2) is 70.6 Å². The number of halogens is 1. The van der Waals surface area contributed by atoms with Crippen LogP contribution in [0.5, 0.6) is 5.75 Å². The Kier molecular flexibility index (Phi) is 6.14. The van der Waals surface area contributed by atoms with Crippen LogP contribution in [0.4, 0.5) is 10.3 Å². The van der Waals surface area contributed by atoms with Crippen LogP contribution < -0.4 is 9.64 Å². The van der Waals surface area contributed by atoms with Crippen molar-refractivity contribution in [3.63, 3.8) is 0 Å². The highest BCUT2D eigenvalue weighted by Crippen LogP contribution is 2.30. The lowest BCUT2D eigenvalue weighted by Gasteiger charge is -2.35. The number of anilines is 1. The molecule has 1 saturated heterocycles. The van der Waals surface area contributed by atoms with Crippen molar-refractivity contribution in [2.75, 3.05) is 44.2 Å². The zero-order valence-corrected chi connectivity index (χ0v) is 18.0. The number of nitrogens with zero attached hydrogens (tertiary/aromatic N) is 5. The average molecular weight is 449 g/mol. The van der Waals surface area contributed by atoms with Gasteiger partial charge in [0.05, 0.1) is 0 Å². The molecule has 8 nitrogen and oxygen atoms in total. The van der Waals surface area contributed by atoms with Gasteiger partial charge in [0.1, 0.15) is 30.0 Å². The molecule has 1 aliphatic heterocycles. The Labute approximate surface area is 190 Å². The Morgan fingerprint density at radius 1 is 1.03 bits per heavy atom. The summed E-state index contributed by atoms with van der Waals surface area (Å²) in [5.41, 5.74) is 1.81. The van der Waals surface area contributed by atoms with Gasteiger partial charge in [-0.3, -0.25) is 4.90 Å². The molecule has 1 aliphatic rings. The number of aliphatic hydroxyl groups is 1. The van der Waals surface area contributed by atoms with Crippen molar-refractivity contribution in [3.8, 4) is 17.0 Å². The Hall–Kier alpha value is -3.56. The van der Waals surface area contributed by atoms with Gasteiger partial charge < -0.3 is 19.3 Å². The number of β-amino-alcohol motifs (C(OH)–C–C–N with tert-alkyl or cyclic N) is 1. The Bertz CT molecular complexity index is 1210. The lowest BCUT2D eigenvalue weighted by atomic mass is 10.1. The maximum atomic E-state index is 13.4. The van der Waals surface area contributed by atoms with Gasteiger partial charge in [0, 0.05) is 62.1 Å².